The standard InChI is InChI=1S/C11H16ClN/c1-4-8-6-10(12)7-9(5-2)11(8)13-3/h6-7,13H,4-5H2,1-3H3. The molecule has 13 heavy (non-hydrogen) atoms. The highest BCUT2D eigenvalue weighted by Crippen LogP contribution is 2.26. The zero-order valence-electron chi connectivity index (χ0n) is 8.45. The molecule has 0 aromatic heterocycles. The first-order valence-corrected chi connectivity index (χ1v) is 5.09. The number of nitrogens with one attached hydrogen (secondary N) is 1. The molecule has 72 valence electrons. The second-order valence-electron chi connectivity index (χ2n) is 3.06. The SMILES string of the molecule is CCc1cc(Cl)cc(CC)c1NC. The van der Waals surface area contributed by atoms with Crippen molar-refractivity contribution < 1.29 is 0 Å². The van der Waals surface area contributed by atoms with Crippen LogP contribution in [-0.4, -0.2) is 7.05 Å². The molecular weight excluding hydrogens is 182 g/mol. The van der Waals surface area contributed by atoms with E-state index in [2.05, 4.69) is 19.2 Å². The van der Waals surface area contributed by atoms with E-state index < -0.39 is 0 Å². The van der Waals surface area contributed by atoms with Crippen LogP contribution in [-0.2, 0) is 12.8 Å². The largest absolute Gasteiger partial charge is 0.388 e. The fourth-order valence-electron chi connectivity index (χ4n) is 1.60. The third kappa shape index (κ3) is 2.16. The van der Waals surface area contributed by atoms with Crippen LogP contribution >= 0.6 is 11.6 Å². The molecule has 0 bridgehead atoms. The third-order valence-electron chi connectivity index (χ3n) is 2.28. The Hall–Kier alpha value is -0.690. The number of hydrogen-bond acceptors (Lipinski definition) is 1. The molecule has 1 nitrogen and oxygen atoms in total. The summed E-state index contributed by atoms with van der Waals surface area (Å²) in [7, 11) is 1.96. The smallest absolute Gasteiger partial charge is 0.0412 e. The van der Waals surface area contributed by atoms with Gasteiger partial charge in [0.05, 0.1) is 0 Å². The molecule has 0 radical (unpaired) electrons. The van der Waals surface area contributed by atoms with Gasteiger partial charge in [0.15, 0.2) is 0 Å². The average molecular weight is 198 g/mol. The topological polar surface area (TPSA) is 12.0 Å². The predicted molar refractivity (Wildman–Crippen MR) is 59.8 cm³/mol. The van der Waals surface area contributed by atoms with Crippen molar-refractivity contribution in [2.45, 2.75) is 26.7 Å². The molecule has 0 saturated heterocycles. The molecule has 0 fully saturated rings. The molecule has 0 heterocycles. The van der Waals surface area contributed by atoms with Crippen LogP contribution in [0.1, 0.15) is 25.0 Å². The molecule has 1 aromatic rings. The van der Waals surface area contributed by atoms with Crippen LogP contribution in [0.25, 0.3) is 0 Å². The monoisotopic (exact) mass is 197 g/mol. The Kier molecular flexibility index (Phi) is 3.61. The van der Waals surface area contributed by atoms with Gasteiger partial charge in [-0.1, -0.05) is 25.4 Å². The molecule has 0 aliphatic carbocycles. The summed E-state index contributed by atoms with van der Waals surface area (Å²) in [6.07, 6.45) is 2.04. The first kappa shape index (κ1) is 10.4. The molecule has 1 rings (SSSR count). The molecule has 1 aromatic carbocycles. The summed E-state index contributed by atoms with van der Waals surface area (Å²) in [6, 6.07) is 4.07. The van der Waals surface area contributed by atoms with E-state index >= 15 is 0 Å². The van der Waals surface area contributed by atoms with E-state index in [-0.39, 0.29) is 0 Å². The first-order chi connectivity index (χ1) is 6.22. The Morgan fingerprint density at radius 1 is 1.15 bits per heavy atom. The summed E-state index contributed by atoms with van der Waals surface area (Å²) in [5, 5.41) is 4.08. The van der Waals surface area contributed by atoms with E-state index in [9.17, 15) is 0 Å². The first-order valence-electron chi connectivity index (χ1n) is 4.72. The van der Waals surface area contributed by atoms with E-state index in [1.807, 2.05) is 19.2 Å². The minimum atomic E-state index is 0.840. The zero-order chi connectivity index (χ0) is 9.84. The quantitative estimate of drug-likeness (QED) is 0.782. The maximum absolute atomic E-state index is 6.01. The molecule has 1 N–H and O–H groups in total. The van der Waals surface area contributed by atoms with E-state index in [4.69, 9.17) is 11.6 Å². The van der Waals surface area contributed by atoms with Crippen molar-refractivity contribution in [2.75, 3.05) is 12.4 Å². The van der Waals surface area contributed by atoms with Gasteiger partial charge in [-0.05, 0) is 36.1 Å². The minimum Gasteiger partial charge on any atom is -0.388 e. The maximum atomic E-state index is 6.01. The van der Waals surface area contributed by atoms with Crippen LogP contribution in [0.2, 0.25) is 5.02 Å². The van der Waals surface area contributed by atoms with Gasteiger partial charge in [-0.25, -0.2) is 0 Å². The van der Waals surface area contributed by atoms with E-state index in [1.165, 1.54) is 16.8 Å². The summed E-state index contributed by atoms with van der Waals surface area (Å²) >= 11 is 6.01. The van der Waals surface area contributed by atoms with Gasteiger partial charge in [0.25, 0.3) is 0 Å². The summed E-state index contributed by atoms with van der Waals surface area (Å²) in [5.41, 5.74) is 3.84. The van der Waals surface area contributed by atoms with E-state index in [1.54, 1.807) is 0 Å². The van der Waals surface area contributed by atoms with Gasteiger partial charge < -0.3 is 5.32 Å². The number of aryl methyl sites for hydroxylation is 2. The van der Waals surface area contributed by atoms with Crippen LogP contribution < -0.4 is 5.32 Å². The zero-order valence-corrected chi connectivity index (χ0v) is 9.20. The van der Waals surface area contributed by atoms with E-state index in [0.717, 1.165) is 17.9 Å². The lowest BCUT2D eigenvalue weighted by molar-refractivity contribution is 1.08. The summed E-state index contributed by atoms with van der Waals surface area (Å²) in [4.78, 5) is 0. The molecule has 0 amide bonds. The molecule has 0 aliphatic rings. The lowest BCUT2D eigenvalue weighted by Gasteiger charge is -2.12. The Labute approximate surface area is 85.1 Å². The lowest BCUT2D eigenvalue weighted by atomic mass is 10.0. The molecule has 2 heteroatoms. The van der Waals surface area contributed by atoms with Gasteiger partial charge in [0, 0.05) is 17.8 Å². The van der Waals surface area contributed by atoms with E-state index in [0.29, 0.717) is 0 Å². The average Bonchev–Trinajstić information content (AvgIpc) is 2.16. The van der Waals surface area contributed by atoms with Crippen LogP contribution in [0, 0.1) is 0 Å². The number of benzene rings is 1. The van der Waals surface area contributed by atoms with Crippen molar-refractivity contribution in [2.24, 2.45) is 0 Å². The molecule has 0 saturated carbocycles. The fourth-order valence-corrected chi connectivity index (χ4v) is 1.87. The van der Waals surface area contributed by atoms with Crippen molar-refractivity contribution in [1.29, 1.82) is 0 Å². The molecule has 0 atom stereocenters. The molecular formula is C11H16ClN. The van der Waals surface area contributed by atoms with Crippen molar-refractivity contribution in [1.82, 2.24) is 0 Å². The lowest BCUT2D eigenvalue weighted by Crippen LogP contribution is -1.99. The molecule has 0 spiro atoms. The molecule has 0 unspecified atom stereocenters. The summed E-state index contributed by atoms with van der Waals surface area (Å²) < 4.78 is 0. The Balaban J connectivity index is 3.25. The van der Waals surface area contributed by atoms with Crippen molar-refractivity contribution in [3.8, 4) is 0 Å². The van der Waals surface area contributed by atoms with Gasteiger partial charge in [0.1, 0.15) is 0 Å². The second-order valence-corrected chi connectivity index (χ2v) is 3.49. The van der Waals surface area contributed by atoms with Crippen LogP contribution in [0.15, 0.2) is 12.1 Å². The van der Waals surface area contributed by atoms with Gasteiger partial charge >= 0.3 is 0 Å². The van der Waals surface area contributed by atoms with Gasteiger partial charge in [-0.15, -0.1) is 0 Å². The Morgan fingerprint density at radius 3 is 1.92 bits per heavy atom. The number of anilines is 1. The number of halogens is 1. The Bertz CT molecular complexity index is 269. The van der Waals surface area contributed by atoms with Crippen molar-refractivity contribution >= 4 is 17.3 Å². The van der Waals surface area contributed by atoms with Gasteiger partial charge in [-0.3, -0.25) is 0 Å². The number of rotatable bonds is 3. The van der Waals surface area contributed by atoms with Crippen LogP contribution in [0.4, 0.5) is 5.69 Å². The fraction of sp³-hybridized carbons (Fsp3) is 0.455. The van der Waals surface area contributed by atoms with Crippen LogP contribution in [0.5, 0.6) is 0 Å². The highest BCUT2D eigenvalue weighted by Gasteiger charge is 2.05. The Morgan fingerprint density at radius 2 is 1.62 bits per heavy atom. The highest BCUT2D eigenvalue weighted by atomic mass is 35.5. The maximum Gasteiger partial charge on any atom is 0.0412 e. The summed E-state index contributed by atoms with van der Waals surface area (Å²) in [6.45, 7) is 4.29. The minimum absolute atomic E-state index is 0.840. The van der Waals surface area contributed by atoms with Crippen molar-refractivity contribution in [3.05, 3.63) is 28.3 Å². The number of hydrogen-bond donors (Lipinski definition) is 1. The normalized spacial score (nSPS) is 10.2. The third-order valence-corrected chi connectivity index (χ3v) is 2.50. The molecule has 0 aliphatic heterocycles. The van der Waals surface area contributed by atoms with Gasteiger partial charge in [0.2, 0.25) is 0 Å². The van der Waals surface area contributed by atoms with Gasteiger partial charge in [-0.2, -0.15) is 0 Å². The van der Waals surface area contributed by atoms with Crippen LogP contribution in [0.3, 0.4) is 0 Å². The predicted octanol–water partition coefficient (Wildman–Crippen LogP) is 3.51. The van der Waals surface area contributed by atoms with Crippen molar-refractivity contribution in [3.63, 3.8) is 0 Å². The summed E-state index contributed by atoms with van der Waals surface area (Å²) in [5.74, 6) is 0. The highest BCUT2D eigenvalue weighted by molar-refractivity contribution is 6.30. The second kappa shape index (κ2) is 4.52.